The summed E-state index contributed by atoms with van der Waals surface area (Å²) in [6.45, 7) is 5.79. The Labute approximate surface area is 125 Å². The monoisotopic (exact) mass is 286 g/mol. The minimum atomic E-state index is 0.504. The van der Waals surface area contributed by atoms with E-state index in [-0.39, 0.29) is 0 Å². The zero-order chi connectivity index (χ0) is 14.5. The van der Waals surface area contributed by atoms with Gasteiger partial charge in [-0.3, -0.25) is 0 Å². The van der Waals surface area contributed by atoms with Crippen LogP contribution in [-0.2, 0) is 0 Å². The van der Waals surface area contributed by atoms with Gasteiger partial charge in [0.15, 0.2) is 5.82 Å². The highest BCUT2D eigenvalue weighted by atomic mass is 15.3. The van der Waals surface area contributed by atoms with E-state index in [0.29, 0.717) is 6.04 Å². The highest BCUT2D eigenvalue weighted by molar-refractivity contribution is 5.56. The zero-order valence-corrected chi connectivity index (χ0v) is 12.4. The Hall–Kier alpha value is -1.95. The third kappa shape index (κ3) is 3.39. The topological polar surface area (TPSA) is 58.9 Å². The highest BCUT2D eigenvalue weighted by Crippen LogP contribution is 2.21. The molecule has 0 spiro atoms. The van der Waals surface area contributed by atoms with Crippen molar-refractivity contribution in [2.75, 3.05) is 25.0 Å². The van der Waals surface area contributed by atoms with Crippen LogP contribution >= 0.6 is 0 Å². The lowest BCUT2D eigenvalue weighted by atomic mass is 10.0. The van der Waals surface area contributed by atoms with E-state index >= 15 is 0 Å². The molecule has 0 radical (unpaired) electrons. The van der Waals surface area contributed by atoms with E-state index in [0.717, 1.165) is 11.5 Å². The van der Waals surface area contributed by atoms with Crippen molar-refractivity contribution in [3.63, 3.8) is 0 Å². The number of nitrogens with zero attached hydrogens (tertiary/aromatic N) is 5. The maximum Gasteiger partial charge on any atom is 0.178 e. The van der Waals surface area contributed by atoms with Crippen molar-refractivity contribution < 1.29 is 0 Å². The quantitative estimate of drug-likeness (QED) is 0.910. The summed E-state index contributed by atoms with van der Waals surface area (Å²) in [5.74, 6) is 0.811. The van der Waals surface area contributed by atoms with Crippen LogP contribution in [0.3, 0.4) is 0 Å². The number of pyridine rings is 1. The SMILES string of the molecule is CCCN1CCC(Nc2cccnc2-n2cncn2)CC1. The molecule has 3 heterocycles. The molecule has 0 aromatic carbocycles. The van der Waals surface area contributed by atoms with E-state index < -0.39 is 0 Å². The van der Waals surface area contributed by atoms with Gasteiger partial charge in [-0.25, -0.2) is 14.6 Å². The largest absolute Gasteiger partial charge is 0.379 e. The first-order chi connectivity index (χ1) is 10.4. The molecule has 2 aromatic heterocycles. The number of rotatable bonds is 5. The van der Waals surface area contributed by atoms with E-state index in [1.165, 1.54) is 45.2 Å². The van der Waals surface area contributed by atoms with Crippen LogP contribution in [-0.4, -0.2) is 50.3 Å². The third-order valence-electron chi connectivity index (χ3n) is 3.91. The number of aromatic nitrogens is 4. The highest BCUT2D eigenvalue weighted by Gasteiger charge is 2.19. The second kappa shape index (κ2) is 6.67. The molecule has 21 heavy (non-hydrogen) atoms. The molecule has 0 atom stereocenters. The Balaban J connectivity index is 1.66. The predicted molar refractivity (Wildman–Crippen MR) is 82.5 cm³/mol. The van der Waals surface area contributed by atoms with Gasteiger partial charge in [0.25, 0.3) is 0 Å². The van der Waals surface area contributed by atoms with Gasteiger partial charge in [-0.2, -0.15) is 5.10 Å². The molecular formula is C15H22N6. The molecule has 1 saturated heterocycles. The zero-order valence-electron chi connectivity index (χ0n) is 12.4. The first-order valence-corrected chi connectivity index (χ1v) is 7.65. The molecule has 6 nitrogen and oxygen atoms in total. The molecule has 0 unspecified atom stereocenters. The summed E-state index contributed by atoms with van der Waals surface area (Å²) in [6, 6.07) is 4.52. The van der Waals surface area contributed by atoms with Crippen molar-refractivity contribution in [3.05, 3.63) is 31.0 Å². The van der Waals surface area contributed by atoms with Crippen molar-refractivity contribution in [2.24, 2.45) is 0 Å². The maximum absolute atomic E-state index is 4.42. The minimum absolute atomic E-state index is 0.504. The van der Waals surface area contributed by atoms with Crippen LogP contribution in [0.2, 0.25) is 0 Å². The van der Waals surface area contributed by atoms with Crippen LogP contribution in [0.15, 0.2) is 31.0 Å². The van der Waals surface area contributed by atoms with Crippen molar-refractivity contribution in [3.8, 4) is 5.82 Å². The molecule has 6 heteroatoms. The molecule has 3 rings (SSSR count). The first kappa shape index (κ1) is 14.0. The molecule has 0 bridgehead atoms. The Morgan fingerprint density at radius 1 is 1.33 bits per heavy atom. The van der Waals surface area contributed by atoms with Crippen molar-refractivity contribution >= 4 is 5.69 Å². The van der Waals surface area contributed by atoms with Gasteiger partial charge in [-0.05, 0) is 37.9 Å². The molecule has 0 aliphatic carbocycles. The van der Waals surface area contributed by atoms with E-state index in [2.05, 4.69) is 38.3 Å². The summed E-state index contributed by atoms with van der Waals surface area (Å²) < 4.78 is 1.70. The fourth-order valence-electron chi connectivity index (χ4n) is 2.85. The average Bonchev–Trinajstić information content (AvgIpc) is 3.04. The van der Waals surface area contributed by atoms with Crippen LogP contribution in [0.25, 0.3) is 5.82 Å². The molecule has 2 aromatic rings. The number of hydrogen-bond acceptors (Lipinski definition) is 5. The summed E-state index contributed by atoms with van der Waals surface area (Å²) in [5, 5.41) is 7.79. The van der Waals surface area contributed by atoms with Gasteiger partial charge < -0.3 is 10.2 Å². The molecule has 0 saturated carbocycles. The van der Waals surface area contributed by atoms with Gasteiger partial charge in [-0.1, -0.05) is 6.92 Å². The van der Waals surface area contributed by atoms with Crippen molar-refractivity contribution in [2.45, 2.75) is 32.2 Å². The standard InChI is InChI=1S/C15H22N6/c1-2-8-20-9-5-13(6-10-20)19-14-4-3-7-17-15(14)21-12-16-11-18-21/h3-4,7,11-13,19H,2,5-6,8-10H2,1H3. The molecule has 1 fully saturated rings. The van der Waals surface area contributed by atoms with Crippen LogP contribution in [0.4, 0.5) is 5.69 Å². The van der Waals surface area contributed by atoms with E-state index in [1.807, 2.05) is 6.07 Å². The second-order valence-electron chi connectivity index (χ2n) is 5.47. The lowest BCUT2D eigenvalue weighted by Crippen LogP contribution is -2.39. The van der Waals surface area contributed by atoms with Gasteiger partial charge in [-0.15, -0.1) is 0 Å². The summed E-state index contributed by atoms with van der Waals surface area (Å²) >= 11 is 0. The first-order valence-electron chi connectivity index (χ1n) is 7.65. The Morgan fingerprint density at radius 3 is 2.90 bits per heavy atom. The lowest BCUT2D eigenvalue weighted by Gasteiger charge is -2.32. The lowest BCUT2D eigenvalue weighted by molar-refractivity contribution is 0.219. The van der Waals surface area contributed by atoms with Gasteiger partial charge in [0.2, 0.25) is 0 Å². The van der Waals surface area contributed by atoms with Crippen molar-refractivity contribution in [1.82, 2.24) is 24.6 Å². The Kier molecular flexibility index (Phi) is 4.45. The number of nitrogens with one attached hydrogen (secondary N) is 1. The Morgan fingerprint density at radius 2 is 2.19 bits per heavy atom. The maximum atomic E-state index is 4.42. The summed E-state index contributed by atoms with van der Waals surface area (Å²) in [7, 11) is 0. The smallest absolute Gasteiger partial charge is 0.178 e. The van der Waals surface area contributed by atoms with Crippen LogP contribution in [0, 0.1) is 0 Å². The summed E-state index contributed by atoms with van der Waals surface area (Å²) in [4.78, 5) is 11.0. The molecule has 1 aliphatic rings. The van der Waals surface area contributed by atoms with E-state index in [4.69, 9.17) is 0 Å². The normalized spacial score (nSPS) is 17.0. The molecule has 1 aliphatic heterocycles. The molecule has 112 valence electrons. The van der Waals surface area contributed by atoms with Gasteiger partial charge in [0, 0.05) is 25.3 Å². The van der Waals surface area contributed by atoms with E-state index in [1.54, 1.807) is 17.2 Å². The van der Waals surface area contributed by atoms with Crippen molar-refractivity contribution in [1.29, 1.82) is 0 Å². The second-order valence-corrected chi connectivity index (χ2v) is 5.47. The van der Waals surface area contributed by atoms with Crippen LogP contribution in [0.5, 0.6) is 0 Å². The van der Waals surface area contributed by atoms with Crippen LogP contribution < -0.4 is 5.32 Å². The summed E-state index contributed by atoms with van der Waals surface area (Å²) in [5.41, 5.74) is 1.02. The number of anilines is 1. The Bertz CT molecular complexity index is 545. The number of piperidine rings is 1. The minimum Gasteiger partial charge on any atom is -0.379 e. The fraction of sp³-hybridized carbons (Fsp3) is 0.533. The molecular weight excluding hydrogens is 264 g/mol. The average molecular weight is 286 g/mol. The van der Waals surface area contributed by atoms with Gasteiger partial charge >= 0.3 is 0 Å². The number of hydrogen-bond donors (Lipinski definition) is 1. The fourth-order valence-corrected chi connectivity index (χ4v) is 2.85. The van der Waals surface area contributed by atoms with Gasteiger partial charge in [0.1, 0.15) is 12.7 Å². The molecule has 0 amide bonds. The van der Waals surface area contributed by atoms with Crippen LogP contribution in [0.1, 0.15) is 26.2 Å². The third-order valence-corrected chi connectivity index (χ3v) is 3.91. The van der Waals surface area contributed by atoms with Gasteiger partial charge in [0.05, 0.1) is 5.69 Å². The molecule has 1 N–H and O–H groups in total. The summed E-state index contributed by atoms with van der Waals surface area (Å²) in [6.07, 6.45) is 8.57. The van der Waals surface area contributed by atoms with E-state index in [9.17, 15) is 0 Å². The number of likely N-dealkylation sites (tertiary alicyclic amines) is 1. The predicted octanol–water partition coefficient (Wildman–Crippen LogP) is 1.95.